The average Bonchev–Trinajstić information content (AvgIpc) is 2.45. The predicted octanol–water partition coefficient (Wildman–Crippen LogP) is 0.409. The lowest BCUT2D eigenvalue weighted by molar-refractivity contribution is -0.137. The van der Waals surface area contributed by atoms with Gasteiger partial charge in [0, 0.05) is 39.0 Å². The molecule has 0 bridgehead atoms. The van der Waals surface area contributed by atoms with Gasteiger partial charge in [-0.2, -0.15) is 0 Å². The first-order valence-electron chi connectivity index (χ1n) is 7.00. The number of hydrogen-bond acceptors (Lipinski definition) is 3. The number of nitrogens with zero attached hydrogens (tertiary/aromatic N) is 1. The van der Waals surface area contributed by atoms with Gasteiger partial charge >= 0.3 is 12.0 Å². The zero-order valence-corrected chi connectivity index (χ0v) is 11.9. The Hall–Kier alpha value is -1.79. The maximum atomic E-state index is 11.8. The number of piperidine rings is 1. The van der Waals surface area contributed by atoms with Gasteiger partial charge in [0.1, 0.15) is 0 Å². The van der Waals surface area contributed by atoms with E-state index < -0.39 is 5.97 Å². The van der Waals surface area contributed by atoms with Gasteiger partial charge in [-0.3, -0.25) is 9.59 Å². The van der Waals surface area contributed by atoms with Crippen LogP contribution in [0, 0.1) is 5.92 Å². The van der Waals surface area contributed by atoms with E-state index in [1.807, 2.05) is 0 Å². The predicted molar refractivity (Wildman–Crippen MR) is 73.2 cm³/mol. The second-order valence-electron chi connectivity index (χ2n) is 4.96. The minimum absolute atomic E-state index is 0.000355. The molecule has 3 amide bonds. The van der Waals surface area contributed by atoms with Crippen molar-refractivity contribution in [1.29, 1.82) is 0 Å². The summed E-state index contributed by atoms with van der Waals surface area (Å²) in [6.45, 7) is 1.65. The molecule has 1 aliphatic heterocycles. The minimum Gasteiger partial charge on any atom is -0.481 e. The van der Waals surface area contributed by atoms with Crippen molar-refractivity contribution in [1.82, 2.24) is 15.5 Å². The molecule has 1 rings (SSSR count). The Morgan fingerprint density at radius 2 is 1.85 bits per heavy atom. The monoisotopic (exact) mass is 285 g/mol. The van der Waals surface area contributed by atoms with Crippen LogP contribution in [-0.4, -0.2) is 54.6 Å². The molecule has 0 unspecified atom stereocenters. The number of carboxylic acids is 1. The zero-order chi connectivity index (χ0) is 15.0. The molecule has 7 heteroatoms. The topological polar surface area (TPSA) is 98.7 Å². The molecule has 1 saturated heterocycles. The SMILES string of the molecule is CNC(=O)C1CCN(C(=O)NCCCCC(=O)O)CC1. The summed E-state index contributed by atoms with van der Waals surface area (Å²) in [6.07, 6.45) is 2.73. The minimum atomic E-state index is -0.812. The second kappa shape index (κ2) is 8.39. The lowest BCUT2D eigenvalue weighted by atomic mass is 9.96. The molecule has 114 valence electrons. The Balaban J connectivity index is 2.16. The van der Waals surface area contributed by atoms with Crippen LogP contribution < -0.4 is 10.6 Å². The molecule has 0 aliphatic carbocycles. The molecule has 0 saturated carbocycles. The number of hydrogen-bond donors (Lipinski definition) is 3. The zero-order valence-electron chi connectivity index (χ0n) is 11.9. The van der Waals surface area contributed by atoms with E-state index in [0.717, 1.165) is 0 Å². The van der Waals surface area contributed by atoms with Gasteiger partial charge in [0.05, 0.1) is 0 Å². The lowest BCUT2D eigenvalue weighted by Gasteiger charge is -2.31. The van der Waals surface area contributed by atoms with Gasteiger partial charge in [-0.05, 0) is 25.7 Å². The number of amides is 3. The van der Waals surface area contributed by atoms with E-state index >= 15 is 0 Å². The Labute approximate surface area is 118 Å². The smallest absolute Gasteiger partial charge is 0.317 e. The molecule has 20 heavy (non-hydrogen) atoms. The van der Waals surface area contributed by atoms with Gasteiger partial charge in [-0.25, -0.2) is 4.79 Å². The number of nitrogens with one attached hydrogen (secondary N) is 2. The van der Waals surface area contributed by atoms with Crippen LogP contribution in [0.15, 0.2) is 0 Å². The van der Waals surface area contributed by atoms with Gasteiger partial charge in [-0.15, -0.1) is 0 Å². The van der Waals surface area contributed by atoms with Crippen molar-refractivity contribution in [2.45, 2.75) is 32.1 Å². The number of likely N-dealkylation sites (tertiary alicyclic amines) is 1. The first kappa shape index (κ1) is 16.3. The fourth-order valence-electron chi connectivity index (χ4n) is 2.26. The molecule has 1 fully saturated rings. The summed E-state index contributed by atoms with van der Waals surface area (Å²) in [5, 5.41) is 13.9. The average molecular weight is 285 g/mol. The van der Waals surface area contributed by atoms with Crippen molar-refractivity contribution in [3.63, 3.8) is 0 Å². The molecule has 1 aliphatic rings. The number of carboxylic acid groups (broad SMARTS) is 1. The molecule has 1 heterocycles. The van der Waals surface area contributed by atoms with E-state index in [-0.39, 0.29) is 24.3 Å². The number of aliphatic carboxylic acids is 1. The quantitative estimate of drug-likeness (QED) is 0.615. The highest BCUT2D eigenvalue weighted by Crippen LogP contribution is 2.17. The highest BCUT2D eigenvalue weighted by atomic mass is 16.4. The van der Waals surface area contributed by atoms with Crippen molar-refractivity contribution in [3.8, 4) is 0 Å². The van der Waals surface area contributed by atoms with E-state index in [1.54, 1.807) is 11.9 Å². The third-order valence-corrected chi connectivity index (χ3v) is 3.49. The number of rotatable bonds is 6. The third kappa shape index (κ3) is 5.46. The lowest BCUT2D eigenvalue weighted by Crippen LogP contribution is -2.46. The van der Waals surface area contributed by atoms with Crippen LogP contribution in [0.3, 0.4) is 0 Å². The normalized spacial score (nSPS) is 15.8. The molecular formula is C13H23N3O4. The highest BCUT2D eigenvalue weighted by Gasteiger charge is 2.26. The Morgan fingerprint density at radius 1 is 1.20 bits per heavy atom. The summed E-state index contributed by atoms with van der Waals surface area (Å²) >= 11 is 0. The molecule has 0 spiro atoms. The van der Waals surface area contributed by atoms with Crippen LogP contribution in [0.25, 0.3) is 0 Å². The first-order valence-corrected chi connectivity index (χ1v) is 7.00. The van der Waals surface area contributed by atoms with E-state index in [0.29, 0.717) is 45.3 Å². The second-order valence-corrected chi connectivity index (χ2v) is 4.96. The summed E-state index contributed by atoms with van der Waals surface area (Å²) in [4.78, 5) is 35.3. The van der Waals surface area contributed by atoms with Gasteiger partial charge in [0.15, 0.2) is 0 Å². The maximum Gasteiger partial charge on any atom is 0.317 e. The fourth-order valence-corrected chi connectivity index (χ4v) is 2.26. The fraction of sp³-hybridized carbons (Fsp3) is 0.769. The summed E-state index contributed by atoms with van der Waals surface area (Å²) < 4.78 is 0. The summed E-state index contributed by atoms with van der Waals surface area (Å²) in [5.41, 5.74) is 0. The molecule has 0 atom stereocenters. The van der Waals surface area contributed by atoms with E-state index in [9.17, 15) is 14.4 Å². The van der Waals surface area contributed by atoms with E-state index in [1.165, 1.54) is 0 Å². The van der Waals surface area contributed by atoms with E-state index in [4.69, 9.17) is 5.11 Å². The molecule has 7 nitrogen and oxygen atoms in total. The van der Waals surface area contributed by atoms with Crippen molar-refractivity contribution in [3.05, 3.63) is 0 Å². The Morgan fingerprint density at radius 3 is 2.40 bits per heavy atom. The largest absolute Gasteiger partial charge is 0.481 e. The van der Waals surface area contributed by atoms with Gasteiger partial charge < -0.3 is 20.6 Å². The highest BCUT2D eigenvalue weighted by molar-refractivity contribution is 5.79. The van der Waals surface area contributed by atoms with Crippen molar-refractivity contribution >= 4 is 17.9 Å². The standard InChI is InChI=1S/C13H23N3O4/c1-14-12(19)10-5-8-16(9-6-10)13(20)15-7-3-2-4-11(17)18/h10H,2-9H2,1H3,(H,14,19)(H,15,20)(H,17,18). The first-order chi connectivity index (χ1) is 9.54. The number of urea groups is 1. The van der Waals surface area contributed by atoms with Crippen LogP contribution in [0.2, 0.25) is 0 Å². The maximum absolute atomic E-state index is 11.8. The van der Waals surface area contributed by atoms with Crippen molar-refractivity contribution < 1.29 is 19.5 Å². The third-order valence-electron chi connectivity index (χ3n) is 3.49. The Kier molecular flexibility index (Phi) is 6.83. The molecule has 0 radical (unpaired) electrons. The summed E-state index contributed by atoms with van der Waals surface area (Å²) in [7, 11) is 1.62. The summed E-state index contributed by atoms with van der Waals surface area (Å²) in [6, 6.07) is -0.129. The molecule has 3 N–H and O–H groups in total. The molecule has 0 aromatic carbocycles. The van der Waals surface area contributed by atoms with Crippen LogP contribution in [0.1, 0.15) is 32.1 Å². The molecule has 0 aromatic heterocycles. The van der Waals surface area contributed by atoms with Crippen LogP contribution in [0.4, 0.5) is 4.79 Å². The number of carbonyl (C=O) groups is 3. The van der Waals surface area contributed by atoms with Gasteiger partial charge in [0.25, 0.3) is 0 Å². The Bertz CT molecular complexity index is 352. The van der Waals surface area contributed by atoms with Crippen LogP contribution in [0.5, 0.6) is 0 Å². The van der Waals surface area contributed by atoms with E-state index in [2.05, 4.69) is 10.6 Å². The van der Waals surface area contributed by atoms with Crippen LogP contribution >= 0.6 is 0 Å². The van der Waals surface area contributed by atoms with Gasteiger partial charge in [-0.1, -0.05) is 0 Å². The molecule has 0 aromatic rings. The van der Waals surface area contributed by atoms with Crippen molar-refractivity contribution in [2.24, 2.45) is 5.92 Å². The number of carbonyl (C=O) groups excluding carboxylic acids is 2. The summed E-state index contributed by atoms with van der Waals surface area (Å²) in [5.74, 6) is -0.772. The number of unbranched alkanes of at least 4 members (excludes halogenated alkanes) is 1. The van der Waals surface area contributed by atoms with Crippen LogP contribution in [-0.2, 0) is 9.59 Å². The van der Waals surface area contributed by atoms with Gasteiger partial charge in [0.2, 0.25) is 5.91 Å². The molecular weight excluding hydrogens is 262 g/mol. The van der Waals surface area contributed by atoms with Crippen molar-refractivity contribution in [2.75, 3.05) is 26.7 Å².